The van der Waals surface area contributed by atoms with Crippen LogP contribution in [0.2, 0.25) is 0 Å². The van der Waals surface area contributed by atoms with Gasteiger partial charge in [0.25, 0.3) is 0 Å². The fraction of sp³-hybridized carbons (Fsp3) is 0.909. The molecule has 0 spiro atoms. The molecule has 0 radical (unpaired) electrons. The minimum absolute atomic E-state index is 0.00410. The Bertz CT molecular complexity index is 172. The molecule has 3 nitrogen and oxygen atoms in total. The topological polar surface area (TPSA) is 55.1 Å². The van der Waals surface area contributed by atoms with E-state index in [2.05, 4.69) is 5.32 Å². The second kappa shape index (κ2) is 6.02. The number of rotatable bonds is 2. The third kappa shape index (κ3) is 4.09. The Balaban J connectivity index is 2.30. The van der Waals surface area contributed by atoms with E-state index in [4.69, 9.17) is 5.73 Å². The van der Waals surface area contributed by atoms with E-state index < -0.39 is 0 Å². The van der Waals surface area contributed by atoms with Crippen LogP contribution < -0.4 is 11.1 Å². The van der Waals surface area contributed by atoms with Gasteiger partial charge in [0, 0.05) is 6.04 Å². The predicted molar refractivity (Wildman–Crippen MR) is 57.9 cm³/mol. The van der Waals surface area contributed by atoms with E-state index in [-0.39, 0.29) is 11.9 Å². The van der Waals surface area contributed by atoms with E-state index in [1.54, 1.807) is 6.92 Å². The summed E-state index contributed by atoms with van der Waals surface area (Å²) >= 11 is 0. The lowest BCUT2D eigenvalue weighted by atomic mass is 9.96. The van der Waals surface area contributed by atoms with Crippen molar-refractivity contribution in [3.8, 4) is 0 Å². The number of hydrogen-bond acceptors (Lipinski definition) is 2. The molecule has 0 aliphatic heterocycles. The van der Waals surface area contributed by atoms with Crippen LogP contribution >= 0.6 is 0 Å². The molecule has 0 heterocycles. The highest BCUT2D eigenvalue weighted by molar-refractivity contribution is 5.81. The Kier molecular flexibility index (Phi) is 4.94. The SMILES string of the molecule is C[C@@H](N)C(=O)NC1CCCCCCC1. The standard InChI is InChI=1S/C11H22N2O/c1-9(12)11(14)13-10-7-5-3-2-4-6-8-10/h9-10H,2-8,12H2,1H3,(H,13,14)/t9-/m1/s1. The number of amides is 1. The first-order valence-electron chi connectivity index (χ1n) is 5.76. The molecule has 0 aromatic rings. The molecule has 0 saturated heterocycles. The van der Waals surface area contributed by atoms with Gasteiger partial charge in [-0.3, -0.25) is 4.79 Å². The summed E-state index contributed by atoms with van der Waals surface area (Å²) in [4.78, 5) is 11.4. The smallest absolute Gasteiger partial charge is 0.236 e. The molecule has 1 saturated carbocycles. The molecular formula is C11H22N2O. The quantitative estimate of drug-likeness (QED) is 0.707. The maximum atomic E-state index is 11.4. The summed E-state index contributed by atoms with van der Waals surface area (Å²) in [6, 6.07) is -0.00533. The van der Waals surface area contributed by atoms with Crippen molar-refractivity contribution in [3.63, 3.8) is 0 Å². The van der Waals surface area contributed by atoms with Gasteiger partial charge < -0.3 is 11.1 Å². The van der Waals surface area contributed by atoms with Crippen LogP contribution in [0.15, 0.2) is 0 Å². The molecular weight excluding hydrogens is 176 g/mol. The van der Waals surface area contributed by atoms with Crippen LogP contribution in [0.1, 0.15) is 51.9 Å². The molecule has 0 aromatic heterocycles. The van der Waals surface area contributed by atoms with Crippen molar-refractivity contribution >= 4 is 5.91 Å². The predicted octanol–water partition coefficient (Wildman–Crippen LogP) is 1.56. The summed E-state index contributed by atoms with van der Waals surface area (Å²) in [6.45, 7) is 1.73. The molecule has 1 aliphatic rings. The van der Waals surface area contributed by atoms with Gasteiger partial charge in [0.15, 0.2) is 0 Å². The van der Waals surface area contributed by atoms with Crippen LogP contribution in [0.25, 0.3) is 0 Å². The zero-order valence-corrected chi connectivity index (χ0v) is 9.09. The Morgan fingerprint density at radius 2 is 1.71 bits per heavy atom. The maximum Gasteiger partial charge on any atom is 0.236 e. The van der Waals surface area contributed by atoms with Crippen molar-refractivity contribution in [1.82, 2.24) is 5.32 Å². The molecule has 0 unspecified atom stereocenters. The first-order chi connectivity index (χ1) is 6.70. The second-order valence-corrected chi connectivity index (χ2v) is 4.34. The summed E-state index contributed by atoms with van der Waals surface area (Å²) in [6.07, 6.45) is 8.70. The zero-order chi connectivity index (χ0) is 10.4. The van der Waals surface area contributed by atoms with Crippen LogP contribution in [0.3, 0.4) is 0 Å². The van der Waals surface area contributed by atoms with Crippen LogP contribution in [0, 0.1) is 0 Å². The number of nitrogens with one attached hydrogen (secondary N) is 1. The van der Waals surface area contributed by atoms with E-state index >= 15 is 0 Å². The third-order valence-electron chi connectivity index (χ3n) is 2.87. The molecule has 1 amide bonds. The minimum atomic E-state index is -0.375. The highest BCUT2D eigenvalue weighted by Gasteiger charge is 2.15. The van der Waals surface area contributed by atoms with Gasteiger partial charge in [-0.25, -0.2) is 0 Å². The number of nitrogens with two attached hydrogens (primary N) is 1. The summed E-state index contributed by atoms with van der Waals surface area (Å²) in [7, 11) is 0. The van der Waals surface area contributed by atoms with Gasteiger partial charge in [0.05, 0.1) is 6.04 Å². The van der Waals surface area contributed by atoms with Crippen molar-refractivity contribution in [1.29, 1.82) is 0 Å². The molecule has 82 valence electrons. The molecule has 1 rings (SSSR count). The average molecular weight is 198 g/mol. The second-order valence-electron chi connectivity index (χ2n) is 4.34. The lowest BCUT2D eigenvalue weighted by Crippen LogP contribution is -2.44. The molecule has 3 heteroatoms. The summed E-state index contributed by atoms with van der Waals surface area (Å²) in [5.74, 6) is -0.00410. The molecule has 14 heavy (non-hydrogen) atoms. The van der Waals surface area contributed by atoms with Crippen LogP contribution in [0.5, 0.6) is 0 Å². The molecule has 0 bridgehead atoms. The van der Waals surface area contributed by atoms with Gasteiger partial charge in [-0.1, -0.05) is 32.1 Å². The lowest BCUT2D eigenvalue weighted by molar-refractivity contribution is -0.122. The third-order valence-corrected chi connectivity index (χ3v) is 2.87. The first kappa shape index (κ1) is 11.5. The van der Waals surface area contributed by atoms with Crippen LogP contribution in [-0.2, 0) is 4.79 Å². The van der Waals surface area contributed by atoms with Crippen molar-refractivity contribution in [3.05, 3.63) is 0 Å². The Morgan fingerprint density at radius 3 is 2.21 bits per heavy atom. The molecule has 1 atom stereocenters. The molecule has 3 N–H and O–H groups in total. The van der Waals surface area contributed by atoms with E-state index in [0.717, 1.165) is 12.8 Å². The van der Waals surface area contributed by atoms with Gasteiger partial charge in [0.1, 0.15) is 0 Å². The summed E-state index contributed by atoms with van der Waals surface area (Å²) in [5, 5.41) is 3.02. The Labute approximate surface area is 86.4 Å². The van der Waals surface area contributed by atoms with Gasteiger partial charge >= 0.3 is 0 Å². The molecule has 0 aromatic carbocycles. The maximum absolute atomic E-state index is 11.4. The van der Waals surface area contributed by atoms with Crippen LogP contribution in [0.4, 0.5) is 0 Å². The van der Waals surface area contributed by atoms with Gasteiger partial charge in [-0.2, -0.15) is 0 Å². The highest BCUT2D eigenvalue weighted by Crippen LogP contribution is 2.16. The van der Waals surface area contributed by atoms with Crippen molar-refractivity contribution < 1.29 is 4.79 Å². The highest BCUT2D eigenvalue weighted by atomic mass is 16.2. The number of carbonyl (C=O) groups excluding carboxylic acids is 1. The van der Waals surface area contributed by atoms with Crippen molar-refractivity contribution in [2.24, 2.45) is 5.73 Å². The summed E-state index contributed by atoms with van der Waals surface area (Å²) in [5.41, 5.74) is 5.51. The van der Waals surface area contributed by atoms with E-state index in [1.165, 1.54) is 32.1 Å². The monoisotopic (exact) mass is 198 g/mol. The normalized spacial score (nSPS) is 22.1. The van der Waals surface area contributed by atoms with E-state index in [0.29, 0.717) is 6.04 Å². The van der Waals surface area contributed by atoms with Gasteiger partial charge in [-0.15, -0.1) is 0 Å². The van der Waals surface area contributed by atoms with Crippen molar-refractivity contribution in [2.75, 3.05) is 0 Å². The fourth-order valence-electron chi connectivity index (χ4n) is 1.93. The lowest BCUT2D eigenvalue weighted by Gasteiger charge is -2.21. The van der Waals surface area contributed by atoms with E-state index in [1.807, 2.05) is 0 Å². The van der Waals surface area contributed by atoms with Gasteiger partial charge in [-0.05, 0) is 19.8 Å². The molecule has 1 fully saturated rings. The zero-order valence-electron chi connectivity index (χ0n) is 9.09. The first-order valence-corrected chi connectivity index (χ1v) is 5.76. The average Bonchev–Trinajstić information content (AvgIpc) is 2.08. The Morgan fingerprint density at radius 1 is 1.21 bits per heavy atom. The molecule has 1 aliphatic carbocycles. The fourth-order valence-corrected chi connectivity index (χ4v) is 1.93. The number of carbonyl (C=O) groups is 1. The van der Waals surface area contributed by atoms with Crippen molar-refractivity contribution in [2.45, 2.75) is 64.0 Å². The largest absolute Gasteiger partial charge is 0.352 e. The van der Waals surface area contributed by atoms with Crippen LogP contribution in [-0.4, -0.2) is 18.0 Å². The minimum Gasteiger partial charge on any atom is -0.352 e. The van der Waals surface area contributed by atoms with Gasteiger partial charge in [0.2, 0.25) is 5.91 Å². The Hall–Kier alpha value is -0.570. The summed E-state index contributed by atoms with van der Waals surface area (Å²) < 4.78 is 0. The van der Waals surface area contributed by atoms with E-state index in [9.17, 15) is 4.79 Å². The number of hydrogen-bond donors (Lipinski definition) is 2.